The number of carbonyl (C=O) groups is 9. The minimum atomic E-state index is -0.851. The normalized spacial score (nSPS) is 21.7. The van der Waals surface area contributed by atoms with Gasteiger partial charge in [-0.15, -0.1) is 0 Å². The van der Waals surface area contributed by atoms with Crippen molar-refractivity contribution in [2.75, 3.05) is 152 Å². The number of alkyl carbamates (subject to hydrolysis) is 1. The number of hydrogen-bond acceptors (Lipinski definition) is 24. The summed E-state index contributed by atoms with van der Waals surface area (Å²) < 4.78 is 32.7. The van der Waals surface area contributed by atoms with E-state index in [-0.39, 0.29) is 105 Å². The van der Waals surface area contributed by atoms with Gasteiger partial charge in [-0.25, -0.2) is 4.79 Å². The summed E-state index contributed by atoms with van der Waals surface area (Å²) in [5, 5.41) is 15.9. The lowest BCUT2D eigenvalue weighted by Crippen LogP contribution is -2.51. The smallest absolute Gasteiger partial charge is 0.407 e. The Kier molecular flexibility index (Phi) is 47.0. The van der Waals surface area contributed by atoms with Crippen LogP contribution >= 0.6 is 97.6 Å². The van der Waals surface area contributed by atoms with Gasteiger partial charge >= 0.3 is 6.09 Å². The van der Waals surface area contributed by atoms with Gasteiger partial charge in [0.15, 0.2) is 5.78 Å². The molecule has 5 N–H and O–H groups in total. The minimum Gasteiger partial charge on any atom is -0.444 e. The first kappa shape index (κ1) is 98.8. The van der Waals surface area contributed by atoms with E-state index in [1.165, 1.54) is 23.5 Å². The van der Waals surface area contributed by atoms with E-state index in [1.54, 1.807) is 47.2 Å². The fraction of sp³-hybridized carbons (Fsp3) is 0.744. The fourth-order valence-corrected chi connectivity index (χ4v) is 18.4. The number of amides is 8. The van der Waals surface area contributed by atoms with Crippen LogP contribution in [0.25, 0.3) is 0 Å². The van der Waals surface area contributed by atoms with Crippen LogP contribution in [0, 0.1) is 23.7 Å². The van der Waals surface area contributed by atoms with Crippen molar-refractivity contribution in [1.82, 2.24) is 51.1 Å². The average molecular weight is 1740 g/mol. The van der Waals surface area contributed by atoms with E-state index in [2.05, 4.69) is 95.0 Å². The Morgan fingerprint density at radius 1 is 0.561 bits per heavy atom. The largest absolute Gasteiger partial charge is 0.444 e. The maximum atomic E-state index is 15.4. The number of hydrogen-bond donors (Lipinski definition) is 8. The van der Waals surface area contributed by atoms with Crippen molar-refractivity contribution >= 4 is 159 Å². The molecule has 4 aliphatic carbocycles. The molecule has 5 unspecified atom stereocenters. The Bertz CT molecular complexity index is 3300. The van der Waals surface area contributed by atoms with Crippen LogP contribution < -0.4 is 26.6 Å². The van der Waals surface area contributed by atoms with Crippen molar-refractivity contribution in [2.45, 2.75) is 213 Å². The third-order valence-electron chi connectivity index (χ3n) is 21.0. The van der Waals surface area contributed by atoms with Crippen LogP contribution in [0.4, 0.5) is 4.79 Å². The van der Waals surface area contributed by atoms with Crippen molar-refractivity contribution in [3.05, 3.63) is 58.2 Å². The molecule has 0 aromatic heterocycles. The highest BCUT2D eigenvalue weighted by molar-refractivity contribution is 8.23. The second kappa shape index (κ2) is 54.3. The monoisotopic (exact) mass is 1740 g/mol. The van der Waals surface area contributed by atoms with Crippen LogP contribution in [0.3, 0.4) is 0 Å². The molecular weight excluding hydrogens is 1610 g/mol. The molecule has 114 heavy (non-hydrogen) atoms. The number of allylic oxidation sites excluding steroid dienone is 5. The van der Waals surface area contributed by atoms with Gasteiger partial charge in [0.05, 0.1) is 54.0 Å². The number of carbonyl (C=O) groups excluding carboxylic acids is 9. The lowest BCUT2D eigenvalue weighted by atomic mass is 9.80. The second-order valence-electron chi connectivity index (χ2n) is 30.7. The Labute approximate surface area is 719 Å². The number of unbranched alkanes of at least 4 members (excludes halogenated alkanes) is 5. The molecule has 2 saturated heterocycles. The lowest BCUT2D eigenvalue weighted by Gasteiger charge is -2.35. The summed E-state index contributed by atoms with van der Waals surface area (Å²) in [7, 11) is 0. The predicted octanol–water partition coefficient (Wildman–Crippen LogP) is 10.8. The average Bonchev–Trinajstić information content (AvgIpc) is 1.31. The molecule has 0 spiro atoms. The first-order valence-electron chi connectivity index (χ1n) is 41.6. The van der Waals surface area contributed by atoms with Gasteiger partial charge in [0, 0.05) is 168 Å². The van der Waals surface area contributed by atoms with Crippen LogP contribution in [-0.2, 0) is 62.0 Å². The number of nitrogens with one attached hydrogen (secondary N) is 5. The second-order valence-corrected chi connectivity index (χ2v) is 36.2. The molecule has 6 aliphatic rings. The number of ether oxygens (including phenoxy) is 5. The highest BCUT2D eigenvalue weighted by Gasteiger charge is 2.45. The molecule has 0 aromatic rings. The van der Waals surface area contributed by atoms with Crippen LogP contribution in [0.1, 0.15) is 177 Å². The van der Waals surface area contributed by atoms with Crippen molar-refractivity contribution < 1.29 is 66.8 Å². The van der Waals surface area contributed by atoms with Crippen molar-refractivity contribution in [3.8, 4) is 0 Å². The zero-order valence-corrected chi connectivity index (χ0v) is 75.6. The first-order valence-corrected chi connectivity index (χ1v) is 47.7. The molecule has 0 aromatic carbocycles. The molecule has 0 radical (unpaired) electrons. The van der Waals surface area contributed by atoms with Gasteiger partial charge in [0.1, 0.15) is 14.2 Å². The van der Waals surface area contributed by atoms with E-state index in [0.717, 1.165) is 50.7 Å². The third-order valence-corrected chi connectivity index (χ3v) is 25.4. The van der Waals surface area contributed by atoms with Crippen LogP contribution in [0.5, 0.6) is 0 Å². The van der Waals surface area contributed by atoms with Gasteiger partial charge in [0.2, 0.25) is 41.4 Å². The number of nitrogens with zero attached hydrogens (tertiary/aromatic N) is 5. The Morgan fingerprint density at radius 2 is 0.991 bits per heavy atom. The Balaban J connectivity index is 1.37. The first-order chi connectivity index (χ1) is 55.0. The van der Waals surface area contributed by atoms with Crippen LogP contribution in [0.15, 0.2) is 58.2 Å². The quantitative estimate of drug-likeness (QED) is 0.00924. The molecule has 9 atom stereocenters. The Morgan fingerprint density at radius 3 is 1.41 bits per heavy atom. The predicted molar refractivity (Wildman–Crippen MR) is 477 cm³/mol. The van der Waals surface area contributed by atoms with E-state index >= 15 is 4.79 Å². The lowest BCUT2D eigenvalue weighted by molar-refractivity contribution is -0.140. The maximum Gasteiger partial charge on any atom is 0.407 e. The van der Waals surface area contributed by atoms with Crippen LogP contribution in [-0.4, -0.2) is 275 Å². The molecule has 24 nitrogen and oxygen atoms in total. The standard InChI is InChI=1S/C82H132N10O14S8/c1-9-13-46-102-68-59(67(93)57(55-108)24-23-51-112-8)26-19-27-60(68)72(94)83-35-38-88(39-36-84-73(95)61-28-20-32-65(69(61)103-47-14-10-2)77(99)91-44-52-113-80(91)110)41-42-89(40-37-85-74(96)62-29-21-33-66(70(62)104-48-15-11-3)78(100)92-45-53-114-81(92)111)54-58(25-17-18-34-86-79(101)106-82(5,6)7)87-75(97)63-30-22-31-64(71(63)105-49-16-12-4)76(98)90(56-109)43-50-107/h24,27-30,58-59,64-66,68-71,107-109H,9-23,25-26,31-56H2,1-8H3,(H,83,94)(H,84,95)(H,85,96)(H,86,101)(H,87,97)/b57-24-/t58?,59-,64+,65?,66?,68?,69+,70+,71?/m0/s1. The number of ketones is 1. The molecule has 642 valence electrons. The van der Waals surface area contributed by atoms with Crippen LogP contribution in [0.2, 0.25) is 0 Å². The van der Waals surface area contributed by atoms with Gasteiger partial charge in [-0.1, -0.05) is 132 Å². The SMILES string of the molecule is CCCCOC1C(C(=O)NCCN(CCNC(=O)C2=CCCC(C(=O)N3CCSC3=S)[C@@H]2OCCCC)CCN(CCNC(=O)C2=CCCC(C(=O)N3CCSC3=S)[C@@H]2OCCCC)CC(CCCCNC(=O)OC(C)(C)C)NC(=O)C2=CCC[C@@H](C(=O)N(CS)CCS)C2OCCCC)=CCC[C@H]1C(=O)/C(=C\CCSC)CS. The molecule has 2 aliphatic heterocycles. The molecule has 32 heteroatoms. The van der Waals surface area contributed by atoms with Crippen molar-refractivity contribution in [3.63, 3.8) is 0 Å². The summed E-state index contributed by atoms with van der Waals surface area (Å²) in [6, 6.07) is -0.569. The summed E-state index contributed by atoms with van der Waals surface area (Å²) in [5.74, 6) is -1.40. The highest BCUT2D eigenvalue weighted by atomic mass is 32.2. The van der Waals surface area contributed by atoms with E-state index in [1.807, 2.05) is 43.6 Å². The summed E-state index contributed by atoms with van der Waals surface area (Å²) in [6.45, 7) is 18.8. The van der Waals surface area contributed by atoms with Gasteiger partial charge in [-0.3, -0.25) is 58.0 Å². The third kappa shape index (κ3) is 32.2. The number of rotatable bonds is 52. The molecule has 8 amide bonds. The van der Waals surface area contributed by atoms with Gasteiger partial charge in [-0.05, 0) is 136 Å². The topological polar surface area (TPSA) is 276 Å². The molecule has 2 heterocycles. The van der Waals surface area contributed by atoms with Gasteiger partial charge in [-0.2, -0.15) is 49.6 Å². The highest BCUT2D eigenvalue weighted by Crippen LogP contribution is 2.37. The van der Waals surface area contributed by atoms with E-state index < -0.39 is 65.8 Å². The van der Waals surface area contributed by atoms with E-state index in [9.17, 15) is 38.4 Å². The number of Topliss-reactive ketones (excluding diaryl/α,β-unsaturated/α-hetero) is 1. The summed E-state index contributed by atoms with van der Waals surface area (Å²) in [4.78, 5) is 140. The zero-order chi connectivity index (χ0) is 83.0. The van der Waals surface area contributed by atoms with Gasteiger partial charge < -0.3 is 55.2 Å². The molecule has 0 bridgehead atoms. The maximum absolute atomic E-state index is 15.4. The van der Waals surface area contributed by atoms with Gasteiger partial charge in [0.25, 0.3) is 0 Å². The van der Waals surface area contributed by atoms with E-state index in [0.29, 0.717) is 203 Å². The summed E-state index contributed by atoms with van der Waals surface area (Å²) in [6.07, 6.45) is 20.1. The van der Waals surface area contributed by atoms with E-state index in [4.69, 9.17) is 48.1 Å². The zero-order valence-electron chi connectivity index (χ0n) is 68.8. The number of thioether (sulfide) groups is 3. The number of thiocarbonyl (C=S) groups is 2. The van der Waals surface area contributed by atoms with Crippen molar-refractivity contribution in [2.24, 2.45) is 23.7 Å². The molecular formula is C82H132N10O14S8. The molecule has 2 fully saturated rings. The fourth-order valence-electron chi connectivity index (χ4n) is 14.8. The number of thiol groups is 3. The molecule has 0 saturated carbocycles. The van der Waals surface area contributed by atoms with Crippen molar-refractivity contribution in [1.29, 1.82) is 0 Å². The minimum absolute atomic E-state index is 0.0667. The Hall–Kier alpha value is -4.03. The summed E-state index contributed by atoms with van der Waals surface area (Å²) >= 11 is 29.4. The molecule has 6 rings (SSSR count). The summed E-state index contributed by atoms with van der Waals surface area (Å²) in [5.41, 5.74) is 1.42.